The van der Waals surface area contributed by atoms with Crippen molar-refractivity contribution in [3.63, 3.8) is 0 Å². The van der Waals surface area contributed by atoms with Crippen LogP contribution in [0.5, 0.6) is 5.75 Å². The van der Waals surface area contributed by atoms with E-state index in [1.165, 1.54) is 5.39 Å². The molecule has 0 atom stereocenters. The SMILES string of the molecule is CCCc1nc(N2CCN(C(=O)c3ccccc3OC)CC2)c2c(-c3ccc4ccccc4c3)noc2n1. The summed E-state index contributed by atoms with van der Waals surface area (Å²) >= 11 is 0. The van der Waals surface area contributed by atoms with E-state index in [4.69, 9.17) is 14.2 Å². The monoisotopic (exact) mass is 507 g/mol. The average Bonchev–Trinajstić information content (AvgIpc) is 3.40. The number of piperazine rings is 1. The maximum atomic E-state index is 13.3. The lowest BCUT2D eigenvalue weighted by molar-refractivity contribution is 0.0743. The third-order valence-electron chi connectivity index (χ3n) is 7.06. The van der Waals surface area contributed by atoms with E-state index in [0.717, 1.165) is 46.5 Å². The second-order valence-electron chi connectivity index (χ2n) is 9.47. The lowest BCUT2D eigenvalue weighted by Gasteiger charge is -2.36. The van der Waals surface area contributed by atoms with E-state index in [0.29, 0.717) is 43.2 Å². The number of fused-ring (bicyclic) bond motifs is 2. The van der Waals surface area contributed by atoms with E-state index in [1.807, 2.05) is 41.3 Å². The fourth-order valence-corrected chi connectivity index (χ4v) is 5.09. The minimum Gasteiger partial charge on any atom is -0.496 e. The van der Waals surface area contributed by atoms with Crippen LogP contribution in [0.25, 0.3) is 33.1 Å². The first-order valence-corrected chi connectivity index (χ1v) is 13.0. The van der Waals surface area contributed by atoms with Crippen LogP contribution < -0.4 is 9.64 Å². The lowest BCUT2D eigenvalue weighted by Crippen LogP contribution is -2.49. The summed E-state index contributed by atoms with van der Waals surface area (Å²) in [5.74, 6) is 2.12. The summed E-state index contributed by atoms with van der Waals surface area (Å²) in [5, 5.41) is 7.56. The van der Waals surface area contributed by atoms with Gasteiger partial charge >= 0.3 is 0 Å². The molecule has 0 radical (unpaired) electrons. The van der Waals surface area contributed by atoms with Crippen molar-refractivity contribution < 1.29 is 14.1 Å². The molecule has 8 heteroatoms. The van der Waals surface area contributed by atoms with Crippen LogP contribution in [0.3, 0.4) is 0 Å². The zero-order valence-electron chi connectivity index (χ0n) is 21.6. The van der Waals surface area contributed by atoms with Gasteiger partial charge < -0.3 is 19.1 Å². The largest absolute Gasteiger partial charge is 0.496 e. The lowest BCUT2D eigenvalue weighted by atomic mass is 10.0. The van der Waals surface area contributed by atoms with E-state index < -0.39 is 0 Å². The molecule has 0 spiro atoms. The number of aromatic nitrogens is 3. The summed E-state index contributed by atoms with van der Waals surface area (Å²) < 4.78 is 11.2. The number of aryl methyl sites for hydroxylation is 1. The van der Waals surface area contributed by atoms with Crippen molar-refractivity contribution in [2.75, 3.05) is 38.2 Å². The van der Waals surface area contributed by atoms with Gasteiger partial charge in [-0.2, -0.15) is 4.98 Å². The van der Waals surface area contributed by atoms with Crippen molar-refractivity contribution in [2.45, 2.75) is 19.8 Å². The van der Waals surface area contributed by atoms with E-state index in [1.54, 1.807) is 7.11 Å². The van der Waals surface area contributed by atoms with Gasteiger partial charge in [0.1, 0.15) is 28.5 Å². The average molecular weight is 508 g/mol. The second-order valence-corrected chi connectivity index (χ2v) is 9.47. The van der Waals surface area contributed by atoms with Gasteiger partial charge in [0, 0.05) is 38.2 Å². The van der Waals surface area contributed by atoms with E-state index >= 15 is 0 Å². The first-order valence-electron chi connectivity index (χ1n) is 13.0. The predicted molar refractivity (Wildman–Crippen MR) is 148 cm³/mol. The van der Waals surface area contributed by atoms with Gasteiger partial charge in [-0.25, -0.2) is 4.98 Å². The number of amides is 1. The topological polar surface area (TPSA) is 84.6 Å². The highest BCUT2D eigenvalue weighted by Gasteiger charge is 2.28. The molecule has 0 unspecified atom stereocenters. The minimum absolute atomic E-state index is 0.0246. The van der Waals surface area contributed by atoms with Gasteiger partial charge in [0.15, 0.2) is 0 Å². The number of benzene rings is 3. The van der Waals surface area contributed by atoms with Crippen molar-refractivity contribution in [3.05, 3.63) is 78.1 Å². The van der Waals surface area contributed by atoms with E-state index in [9.17, 15) is 4.79 Å². The Morgan fingerprint density at radius 3 is 2.50 bits per heavy atom. The highest BCUT2D eigenvalue weighted by molar-refractivity contribution is 6.00. The molecule has 0 aliphatic carbocycles. The number of rotatable bonds is 6. The normalized spacial score (nSPS) is 13.8. The highest BCUT2D eigenvalue weighted by Crippen LogP contribution is 2.35. The van der Waals surface area contributed by atoms with E-state index in [-0.39, 0.29) is 5.91 Å². The van der Waals surface area contributed by atoms with Crippen LogP contribution in [-0.4, -0.2) is 59.2 Å². The number of ether oxygens (including phenoxy) is 1. The smallest absolute Gasteiger partial charge is 0.263 e. The quantitative estimate of drug-likeness (QED) is 0.306. The van der Waals surface area contributed by atoms with Crippen molar-refractivity contribution in [2.24, 2.45) is 0 Å². The van der Waals surface area contributed by atoms with Crippen LogP contribution in [0.15, 0.2) is 71.3 Å². The number of nitrogens with zero attached hydrogens (tertiary/aromatic N) is 5. The van der Waals surface area contributed by atoms with Crippen LogP contribution in [0.1, 0.15) is 29.5 Å². The van der Waals surface area contributed by atoms with Crippen LogP contribution in [0.4, 0.5) is 5.82 Å². The highest BCUT2D eigenvalue weighted by atomic mass is 16.5. The van der Waals surface area contributed by atoms with Crippen molar-refractivity contribution in [1.82, 2.24) is 20.0 Å². The number of hydrogen-bond donors (Lipinski definition) is 0. The third kappa shape index (κ3) is 4.32. The van der Waals surface area contributed by atoms with Gasteiger partial charge in [-0.15, -0.1) is 0 Å². The molecule has 2 aromatic heterocycles. The summed E-state index contributed by atoms with van der Waals surface area (Å²) in [6.45, 7) is 4.53. The second kappa shape index (κ2) is 10.1. The van der Waals surface area contributed by atoms with Crippen LogP contribution in [0, 0.1) is 0 Å². The molecular weight excluding hydrogens is 478 g/mol. The Morgan fingerprint density at radius 2 is 1.71 bits per heavy atom. The molecule has 192 valence electrons. The fraction of sp³-hybridized carbons (Fsp3) is 0.267. The zero-order valence-corrected chi connectivity index (χ0v) is 21.6. The molecule has 3 aromatic carbocycles. The maximum absolute atomic E-state index is 13.3. The van der Waals surface area contributed by atoms with Gasteiger partial charge in [-0.3, -0.25) is 4.79 Å². The third-order valence-corrected chi connectivity index (χ3v) is 7.06. The van der Waals surface area contributed by atoms with Crippen molar-refractivity contribution in [1.29, 1.82) is 0 Å². The first kappa shape index (κ1) is 23.9. The van der Waals surface area contributed by atoms with Crippen LogP contribution in [-0.2, 0) is 6.42 Å². The number of carbonyl (C=O) groups excluding carboxylic acids is 1. The molecule has 1 aliphatic rings. The van der Waals surface area contributed by atoms with Crippen LogP contribution in [0.2, 0.25) is 0 Å². The Kier molecular flexibility index (Phi) is 6.37. The molecular formula is C30H29N5O3. The number of anilines is 1. The number of para-hydroxylation sites is 1. The summed E-state index contributed by atoms with van der Waals surface area (Å²) in [6.07, 6.45) is 1.68. The molecule has 3 heterocycles. The molecule has 0 N–H and O–H groups in total. The van der Waals surface area contributed by atoms with Gasteiger partial charge in [-0.1, -0.05) is 60.6 Å². The van der Waals surface area contributed by atoms with Crippen LogP contribution >= 0.6 is 0 Å². The molecule has 0 saturated carbocycles. The molecule has 1 fully saturated rings. The van der Waals surface area contributed by atoms with Gasteiger partial charge in [0.05, 0.1) is 12.7 Å². The Balaban J connectivity index is 1.34. The molecule has 38 heavy (non-hydrogen) atoms. The number of methoxy groups -OCH3 is 1. The summed E-state index contributed by atoms with van der Waals surface area (Å²) in [7, 11) is 1.59. The van der Waals surface area contributed by atoms with Crippen molar-refractivity contribution in [3.8, 4) is 17.0 Å². The molecule has 5 aromatic rings. The maximum Gasteiger partial charge on any atom is 0.263 e. The Morgan fingerprint density at radius 1 is 0.947 bits per heavy atom. The first-order chi connectivity index (χ1) is 18.7. The fourth-order valence-electron chi connectivity index (χ4n) is 5.09. The Hall–Kier alpha value is -4.46. The molecule has 8 nitrogen and oxygen atoms in total. The Labute approximate surface area is 220 Å². The molecule has 1 saturated heterocycles. The van der Waals surface area contributed by atoms with Gasteiger partial charge in [0.2, 0.25) is 0 Å². The van der Waals surface area contributed by atoms with E-state index in [2.05, 4.69) is 52.3 Å². The molecule has 6 rings (SSSR count). The predicted octanol–water partition coefficient (Wildman–Crippen LogP) is 5.36. The number of hydrogen-bond acceptors (Lipinski definition) is 7. The molecule has 1 amide bonds. The van der Waals surface area contributed by atoms with Gasteiger partial charge in [0.25, 0.3) is 11.6 Å². The zero-order chi connectivity index (χ0) is 26.1. The molecule has 0 bridgehead atoms. The minimum atomic E-state index is -0.0246. The Bertz CT molecular complexity index is 1620. The standard InChI is InChI=1S/C30H29N5O3/c1-3-8-25-31-28(34-15-17-35(18-16-34)30(36)23-11-6-7-12-24(23)37-2)26-27(33-38-29(26)32-25)22-14-13-20-9-4-5-10-21(20)19-22/h4-7,9-14,19H,3,8,15-18H2,1-2H3. The van der Waals surface area contributed by atoms with Gasteiger partial charge in [-0.05, 0) is 35.4 Å². The summed E-state index contributed by atoms with van der Waals surface area (Å²) in [5.41, 5.74) is 2.77. The number of carbonyl (C=O) groups is 1. The van der Waals surface area contributed by atoms with Crippen molar-refractivity contribution >= 4 is 33.6 Å². The molecule has 1 aliphatic heterocycles. The summed E-state index contributed by atoms with van der Waals surface area (Å²) in [6, 6.07) is 21.9. The summed E-state index contributed by atoms with van der Waals surface area (Å²) in [4.78, 5) is 27.0.